The van der Waals surface area contributed by atoms with Crippen molar-refractivity contribution in [1.82, 2.24) is 9.88 Å². The van der Waals surface area contributed by atoms with E-state index in [1.54, 1.807) is 6.20 Å². The predicted octanol–water partition coefficient (Wildman–Crippen LogP) is 3.65. The molecule has 2 nitrogen and oxygen atoms in total. The van der Waals surface area contributed by atoms with Crippen molar-refractivity contribution >= 4 is 11.8 Å². The molecule has 0 bridgehead atoms. The van der Waals surface area contributed by atoms with Crippen LogP contribution in [-0.2, 0) is 0 Å². The lowest BCUT2D eigenvalue weighted by Crippen LogP contribution is -2.13. The molecular weight excluding hydrogens is 196 g/mol. The van der Waals surface area contributed by atoms with Gasteiger partial charge in [0.05, 0.1) is 11.4 Å². The number of aromatic nitrogens is 1. The topological polar surface area (TPSA) is 16.1 Å². The highest BCUT2D eigenvalue weighted by molar-refractivity contribution is 5.74. The first-order valence-corrected chi connectivity index (χ1v) is 5.50. The Morgan fingerprint density at radius 3 is 3.12 bits per heavy atom. The number of allylic oxidation sites excluding steroid dienone is 1. The summed E-state index contributed by atoms with van der Waals surface area (Å²) in [6.07, 6.45) is 9.06. The molecule has 1 aliphatic heterocycles. The van der Waals surface area contributed by atoms with Crippen molar-refractivity contribution in [2.45, 2.75) is 20.3 Å². The lowest BCUT2D eigenvalue weighted by molar-refractivity contribution is 0.704. The van der Waals surface area contributed by atoms with Gasteiger partial charge in [-0.25, -0.2) is 0 Å². The molecule has 0 unspecified atom stereocenters. The molecule has 0 amide bonds. The summed E-state index contributed by atoms with van der Waals surface area (Å²) in [7, 11) is 0. The van der Waals surface area contributed by atoms with Crippen LogP contribution in [0.2, 0.25) is 0 Å². The fraction of sp³-hybridized carbons (Fsp3) is 0.214. The first kappa shape index (κ1) is 10.7. The summed E-state index contributed by atoms with van der Waals surface area (Å²) in [4.78, 5) is 6.40. The summed E-state index contributed by atoms with van der Waals surface area (Å²) >= 11 is 0. The number of fused-ring (bicyclic) bond motifs is 1. The van der Waals surface area contributed by atoms with Crippen LogP contribution >= 0.6 is 0 Å². The molecular formula is C14H16N2. The molecule has 1 aromatic heterocycles. The van der Waals surface area contributed by atoms with Crippen LogP contribution in [0, 0.1) is 0 Å². The average molecular weight is 212 g/mol. The Morgan fingerprint density at radius 2 is 2.38 bits per heavy atom. The first-order chi connectivity index (χ1) is 7.72. The maximum atomic E-state index is 4.36. The molecule has 0 spiro atoms. The summed E-state index contributed by atoms with van der Waals surface area (Å²) < 4.78 is 0. The second-order valence-corrected chi connectivity index (χ2v) is 3.94. The second kappa shape index (κ2) is 4.35. The van der Waals surface area contributed by atoms with E-state index in [1.807, 2.05) is 17.2 Å². The average Bonchev–Trinajstić information content (AvgIpc) is 2.33. The molecule has 0 atom stereocenters. The number of hydrogen-bond donors (Lipinski definition) is 0. The molecule has 0 saturated carbocycles. The highest BCUT2D eigenvalue weighted by atomic mass is 15.1. The lowest BCUT2D eigenvalue weighted by atomic mass is 10.1. The Bertz CT molecular complexity index is 469. The van der Waals surface area contributed by atoms with Crippen LogP contribution in [0.25, 0.3) is 11.8 Å². The minimum absolute atomic E-state index is 0.936. The monoisotopic (exact) mass is 212 g/mol. The highest BCUT2D eigenvalue weighted by Gasteiger charge is 2.14. The van der Waals surface area contributed by atoms with Gasteiger partial charge in [0, 0.05) is 24.2 Å². The third-order valence-electron chi connectivity index (χ3n) is 2.76. The SMILES string of the molecule is C=C1c2ncccc2C=CN1/C=C(/C)CC. The van der Waals surface area contributed by atoms with Gasteiger partial charge >= 0.3 is 0 Å². The van der Waals surface area contributed by atoms with Crippen LogP contribution in [0.5, 0.6) is 0 Å². The molecule has 2 heteroatoms. The van der Waals surface area contributed by atoms with E-state index in [0.29, 0.717) is 0 Å². The zero-order valence-electron chi connectivity index (χ0n) is 9.77. The summed E-state index contributed by atoms with van der Waals surface area (Å²) in [6.45, 7) is 8.36. The minimum Gasteiger partial charge on any atom is -0.322 e. The van der Waals surface area contributed by atoms with Crippen LogP contribution in [0.3, 0.4) is 0 Å². The third kappa shape index (κ3) is 1.91. The van der Waals surface area contributed by atoms with Crippen LogP contribution < -0.4 is 0 Å². The van der Waals surface area contributed by atoms with E-state index < -0.39 is 0 Å². The van der Waals surface area contributed by atoms with Gasteiger partial charge in [-0.15, -0.1) is 0 Å². The maximum Gasteiger partial charge on any atom is 0.0936 e. The molecule has 0 radical (unpaired) electrons. The standard InChI is InChI=1S/C14H16N2/c1-4-11(2)10-16-9-7-13-6-5-8-15-14(13)12(16)3/h5-10H,3-4H2,1-2H3/b11-10-. The molecule has 2 heterocycles. The molecule has 1 aromatic rings. The van der Waals surface area contributed by atoms with E-state index in [2.05, 4.69) is 43.8 Å². The van der Waals surface area contributed by atoms with Crippen LogP contribution in [0.1, 0.15) is 31.5 Å². The third-order valence-corrected chi connectivity index (χ3v) is 2.76. The van der Waals surface area contributed by atoms with E-state index in [1.165, 1.54) is 5.57 Å². The molecule has 0 N–H and O–H groups in total. The van der Waals surface area contributed by atoms with E-state index in [9.17, 15) is 0 Å². The molecule has 82 valence electrons. The van der Waals surface area contributed by atoms with Crippen molar-refractivity contribution in [1.29, 1.82) is 0 Å². The van der Waals surface area contributed by atoms with Gasteiger partial charge in [0.15, 0.2) is 0 Å². The van der Waals surface area contributed by atoms with Gasteiger partial charge in [0.2, 0.25) is 0 Å². The van der Waals surface area contributed by atoms with Gasteiger partial charge in [0.25, 0.3) is 0 Å². The first-order valence-electron chi connectivity index (χ1n) is 5.50. The summed E-state index contributed by atoms with van der Waals surface area (Å²) in [5, 5.41) is 0. The Morgan fingerprint density at radius 1 is 1.56 bits per heavy atom. The van der Waals surface area contributed by atoms with Gasteiger partial charge in [-0.2, -0.15) is 0 Å². The number of rotatable bonds is 2. The Labute approximate surface area is 96.6 Å². The summed E-state index contributed by atoms with van der Waals surface area (Å²) in [5.74, 6) is 0. The molecule has 1 aliphatic rings. The zero-order chi connectivity index (χ0) is 11.5. The fourth-order valence-corrected chi connectivity index (χ4v) is 1.62. The van der Waals surface area contributed by atoms with E-state index in [4.69, 9.17) is 0 Å². The quantitative estimate of drug-likeness (QED) is 0.743. The predicted molar refractivity (Wildman–Crippen MR) is 68.2 cm³/mol. The Kier molecular flexibility index (Phi) is 2.91. The van der Waals surface area contributed by atoms with Crippen LogP contribution in [0.15, 0.2) is 42.9 Å². The molecule has 0 fully saturated rings. The normalized spacial score (nSPS) is 15.2. The zero-order valence-corrected chi connectivity index (χ0v) is 9.77. The highest BCUT2D eigenvalue weighted by Crippen LogP contribution is 2.26. The number of pyridine rings is 1. The Hall–Kier alpha value is -1.83. The van der Waals surface area contributed by atoms with E-state index >= 15 is 0 Å². The van der Waals surface area contributed by atoms with Crippen molar-refractivity contribution in [3.05, 3.63) is 54.1 Å². The van der Waals surface area contributed by atoms with Crippen molar-refractivity contribution in [3.63, 3.8) is 0 Å². The van der Waals surface area contributed by atoms with Crippen molar-refractivity contribution in [2.24, 2.45) is 0 Å². The van der Waals surface area contributed by atoms with Crippen molar-refractivity contribution in [2.75, 3.05) is 0 Å². The van der Waals surface area contributed by atoms with Gasteiger partial charge in [-0.3, -0.25) is 4.98 Å². The van der Waals surface area contributed by atoms with Crippen LogP contribution in [-0.4, -0.2) is 9.88 Å². The van der Waals surface area contributed by atoms with Crippen LogP contribution in [0.4, 0.5) is 0 Å². The fourth-order valence-electron chi connectivity index (χ4n) is 1.62. The molecule has 0 aliphatic carbocycles. The van der Waals surface area contributed by atoms with Gasteiger partial charge < -0.3 is 4.90 Å². The minimum atomic E-state index is 0.936. The van der Waals surface area contributed by atoms with Gasteiger partial charge in [-0.1, -0.05) is 25.1 Å². The van der Waals surface area contributed by atoms with E-state index in [-0.39, 0.29) is 0 Å². The smallest absolute Gasteiger partial charge is 0.0936 e. The summed E-state index contributed by atoms with van der Waals surface area (Å²) in [6, 6.07) is 4.00. The molecule has 0 aromatic carbocycles. The molecule has 2 rings (SSSR count). The van der Waals surface area contributed by atoms with Gasteiger partial charge in [0.1, 0.15) is 0 Å². The van der Waals surface area contributed by atoms with Crippen molar-refractivity contribution < 1.29 is 0 Å². The second-order valence-electron chi connectivity index (χ2n) is 3.94. The van der Waals surface area contributed by atoms with Crippen molar-refractivity contribution in [3.8, 4) is 0 Å². The molecule has 0 saturated heterocycles. The molecule has 16 heavy (non-hydrogen) atoms. The number of nitrogens with zero attached hydrogens (tertiary/aromatic N) is 2. The van der Waals surface area contributed by atoms with E-state index in [0.717, 1.165) is 23.4 Å². The van der Waals surface area contributed by atoms with Gasteiger partial charge in [-0.05, 0) is 25.5 Å². The Balaban J connectivity index is 2.35. The summed E-state index contributed by atoms with van der Waals surface area (Å²) in [5.41, 5.74) is 4.35. The number of hydrogen-bond acceptors (Lipinski definition) is 2. The maximum absolute atomic E-state index is 4.36. The lowest BCUT2D eigenvalue weighted by Gasteiger charge is -2.24. The largest absolute Gasteiger partial charge is 0.322 e.